The Hall–Kier alpha value is -0.780. The van der Waals surface area contributed by atoms with Crippen molar-refractivity contribution < 1.29 is 0 Å². The maximum absolute atomic E-state index is 5.91. The molecule has 0 unspecified atom stereocenters. The minimum Gasteiger partial charge on any atom is -0.363 e. The van der Waals surface area contributed by atoms with Crippen LogP contribution in [0.1, 0.15) is 5.56 Å². The maximum Gasteiger partial charge on any atom is 0.206 e. The Bertz CT molecular complexity index is 473. The molecule has 1 aromatic carbocycles. The summed E-state index contributed by atoms with van der Waals surface area (Å²) in [5.41, 5.74) is 1.19. The van der Waals surface area contributed by atoms with Crippen molar-refractivity contribution in [3.63, 3.8) is 0 Å². The van der Waals surface area contributed by atoms with Crippen molar-refractivity contribution in [2.24, 2.45) is 0 Å². The molecule has 0 fully saturated rings. The van der Waals surface area contributed by atoms with Crippen molar-refractivity contribution in [3.8, 4) is 0 Å². The van der Waals surface area contributed by atoms with E-state index in [1.54, 1.807) is 23.1 Å². The molecule has 6 heteroatoms. The average molecular weight is 272 g/mol. The molecule has 1 heterocycles. The second-order valence-electron chi connectivity index (χ2n) is 3.04. The number of rotatable bonds is 4. The van der Waals surface area contributed by atoms with Gasteiger partial charge < -0.3 is 5.32 Å². The molecule has 0 radical (unpaired) electrons. The number of benzene rings is 1. The molecule has 2 aromatic rings. The van der Waals surface area contributed by atoms with E-state index in [-0.39, 0.29) is 0 Å². The molecule has 0 aliphatic rings. The van der Waals surface area contributed by atoms with Gasteiger partial charge >= 0.3 is 0 Å². The zero-order valence-corrected chi connectivity index (χ0v) is 11.0. The minimum absolute atomic E-state index is 0.770. The lowest BCUT2D eigenvalue weighted by atomic mass is 10.2. The SMILES string of the molecule is CNc1nnc(SCc2cccc(Cl)c2)s1. The third kappa shape index (κ3) is 3.10. The summed E-state index contributed by atoms with van der Waals surface area (Å²) >= 11 is 9.13. The van der Waals surface area contributed by atoms with Crippen LogP contribution in [0.4, 0.5) is 5.13 Å². The topological polar surface area (TPSA) is 37.8 Å². The third-order valence-corrected chi connectivity index (χ3v) is 4.25. The summed E-state index contributed by atoms with van der Waals surface area (Å²) in [6, 6.07) is 7.85. The van der Waals surface area contributed by atoms with Gasteiger partial charge in [0, 0.05) is 17.8 Å². The summed E-state index contributed by atoms with van der Waals surface area (Å²) in [7, 11) is 1.84. The van der Waals surface area contributed by atoms with Gasteiger partial charge in [0.25, 0.3) is 0 Å². The molecule has 1 aromatic heterocycles. The second kappa shape index (κ2) is 5.52. The predicted octanol–water partition coefficient (Wildman–Crippen LogP) is 3.53. The normalized spacial score (nSPS) is 10.4. The fourth-order valence-electron chi connectivity index (χ4n) is 1.14. The van der Waals surface area contributed by atoms with E-state index in [2.05, 4.69) is 21.6 Å². The first-order chi connectivity index (χ1) is 7.78. The molecule has 0 bridgehead atoms. The number of hydrogen-bond donors (Lipinski definition) is 1. The van der Waals surface area contributed by atoms with Crippen molar-refractivity contribution in [2.45, 2.75) is 10.1 Å². The predicted molar refractivity (Wildman–Crippen MR) is 70.5 cm³/mol. The lowest BCUT2D eigenvalue weighted by Gasteiger charge is -1.98. The van der Waals surface area contributed by atoms with E-state index in [9.17, 15) is 0 Å². The Morgan fingerprint density at radius 2 is 2.31 bits per heavy atom. The largest absolute Gasteiger partial charge is 0.363 e. The van der Waals surface area contributed by atoms with E-state index in [0.29, 0.717) is 0 Å². The fourth-order valence-corrected chi connectivity index (χ4v) is 3.00. The summed E-state index contributed by atoms with van der Waals surface area (Å²) < 4.78 is 0.962. The van der Waals surface area contributed by atoms with Gasteiger partial charge in [-0.1, -0.05) is 46.8 Å². The first kappa shape index (κ1) is 11.7. The highest BCUT2D eigenvalue weighted by Crippen LogP contribution is 2.28. The van der Waals surface area contributed by atoms with Gasteiger partial charge in [-0.05, 0) is 17.7 Å². The van der Waals surface area contributed by atoms with Crippen LogP contribution in [0, 0.1) is 0 Å². The Morgan fingerprint density at radius 3 is 3.00 bits per heavy atom. The molecule has 0 atom stereocenters. The van der Waals surface area contributed by atoms with Crippen molar-refractivity contribution in [3.05, 3.63) is 34.9 Å². The monoisotopic (exact) mass is 271 g/mol. The van der Waals surface area contributed by atoms with E-state index in [1.807, 2.05) is 25.2 Å². The quantitative estimate of drug-likeness (QED) is 0.864. The van der Waals surface area contributed by atoms with Crippen LogP contribution in [0.25, 0.3) is 0 Å². The van der Waals surface area contributed by atoms with E-state index in [1.165, 1.54) is 5.56 Å². The number of nitrogens with one attached hydrogen (secondary N) is 1. The van der Waals surface area contributed by atoms with Crippen molar-refractivity contribution in [1.29, 1.82) is 0 Å². The molecule has 16 heavy (non-hydrogen) atoms. The van der Waals surface area contributed by atoms with Crippen LogP contribution < -0.4 is 5.32 Å². The zero-order chi connectivity index (χ0) is 11.4. The fraction of sp³-hybridized carbons (Fsp3) is 0.200. The Morgan fingerprint density at radius 1 is 1.44 bits per heavy atom. The van der Waals surface area contributed by atoms with Gasteiger partial charge in [0.15, 0.2) is 4.34 Å². The average Bonchev–Trinajstić information content (AvgIpc) is 2.74. The van der Waals surface area contributed by atoms with Crippen LogP contribution in [0.5, 0.6) is 0 Å². The van der Waals surface area contributed by atoms with Crippen LogP contribution >= 0.6 is 34.7 Å². The molecule has 1 N–H and O–H groups in total. The number of aromatic nitrogens is 2. The summed E-state index contributed by atoms with van der Waals surface area (Å²) in [4.78, 5) is 0. The van der Waals surface area contributed by atoms with E-state index < -0.39 is 0 Å². The van der Waals surface area contributed by atoms with Crippen molar-refractivity contribution >= 4 is 39.8 Å². The van der Waals surface area contributed by atoms with Gasteiger partial charge in [-0.2, -0.15) is 0 Å². The molecule has 0 aliphatic heterocycles. The molecular weight excluding hydrogens is 262 g/mol. The highest BCUT2D eigenvalue weighted by molar-refractivity contribution is 8.00. The Balaban J connectivity index is 1.96. The van der Waals surface area contributed by atoms with Crippen LogP contribution in [0.3, 0.4) is 0 Å². The highest BCUT2D eigenvalue weighted by Gasteiger charge is 2.03. The first-order valence-corrected chi connectivity index (χ1v) is 6.84. The lowest BCUT2D eigenvalue weighted by molar-refractivity contribution is 1.01. The maximum atomic E-state index is 5.91. The minimum atomic E-state index is 0.770. The molecule has 2 rings (SSSR count). The highest BCUT2D eigenvalue weighted by atomic mass is 35.5. The smallest absolute Gasteiger partial charge is 0.206 e. The first-order valence-electron chi connectivity index (χ1n) is 4.66. The summed E-state index contributed by atoms with van der Waals surface area (Å²) in [5, 5.41) is 12.6. The Labute approximate surface area is 107 Å². The van der Waals surface area contributed by atoms with E-state index in [4.69, 9.17) is 11.6 Å². The molecule has 0 saturated heterocycles. The van der Waals surface area contributed by atoms with Crippen molar-refractivity contribution in [2.75, 3.05) is 12.4 Å². The molecular formula is C10H10ClN3S2. The standard InChI is InChI=1S/C10H10ClN3S2/c1-12-9-13-14-10(16-9)15-6-7-3-2-4-8(11)5-7/h2-5H,6H2,1H3,(H,12,13). The molecule has 3 nitrogen and oxygen atoms in total. The van der Waals surface area contributed by atoms with Gasteiger partial charge in [0.1, 0.15) is 0 Å². The van der Waals surface area contributed by atoms with E-state index >= 15 is 0 Å². The second-order valence-corrected chi connectivity index (χ2v) is 5.68. The van der Waals surface area contributed by atoms with Crippen LogP contribution in [-0.4, -0.2) is 17.2 Å². The van der Waals surface area contributed by atoms with Gasteiger partial charge in [-0.3, -0.25) is 0 Å². The Kier molecular flexibility index (Phi) is 4.04. The molecule has 84 valence electrons. The molecule has 0 amide bonds. The van der Waals surface area contributed by atoms with Crippen molar-refractivity contribution in [1.82, 2.24) is 10.2 Å². The van der Waals surface area contributed by atoms with Crippen LogP contribution in [0.2, 0.25) is 5.02 Å². The summed E-state index contributed by atoms with van der Waals surface area (Å²) in [6.45, 7) is 0. The number of nitrogens with zero attached hydrogens (tertiary/aromatic N) is 2. The summed E-state index contributed by atoms with van der Waals surface area (Å²) in [6.07, 6.45) is 0. The van der Waals surface area contributed by atoms with Crippen LogP contribution in [0.15, 0.2) is 28.6 Å². The van der Waals surface area contributed by atoms with E-state index in [0.717, 1.165) is 20.2 Å². The van der Waals surface area contributed by atoms with Crippen LogP contribution in [-0.2, 0) is 5.75 Å². The number of thioether (sulfide) groups is 1. The molecule has 0 aliphatic carbocycles. The number of hydrogen-bond acceptors (Lipinski definition) is 5. The van der Waals surface area contributed by atoms with Gasteiger partial charge in [-0.25, -0.2) is 0 Å². The zero-order valence-electron chi connectivity index (χ0n) is 8.61. The summed E-state index contributed by atoms with van der Waals surface area (Å²) in [5.74, 6) is 0.860. The van der Waals surface area contributed by atoms with Gasteiger partial charge in [0.2, 0.25) is 5.13 Å². The number of halogens is 1. The molecule has 0 saturated carbocycles. The molecule has 0 spiro atoms. The van der Waals surface area contributed by atoms with Gasteiger partial charge in [-0.15, -0.1) is 10.2 Å². The third-order valence-electron chi connectivity index (χ3n) is 1.87. The lowest BCUT2D eigenvalue weighted by Crippen LogP contribution is -1.84. The van der Waals surface area contributed by atoms with Gasteiger partial charge in [0.05, 0.1) is 0 Å². The number of anilines is 1.